The molecule has 0 spiro atoms. The molecule has 0 aliphatic carbocycles. The lowest BCUT2D eigenvalue weighted by Gasteiger charge is -2.22. The molecule has 2 amide bonds. The van der Waals surface area contributed by atoms with Gasteiger partial charge >= 0.3 is 0 Å². The molecule has 122 valence electrons. The molecule has 0 aliphatic heterocycles. The summed E-state index contributed by atoms with van der Waals surface area (Å²) in [5, 5.41) is 2.87. The smallest absolute Gasteiger partial charge is 0.236 e. The number of nitrogens with zero attached hydrogens (tertiary/aromatic N) is 2. The number of amides is 2. The number of nitrogens with one attached hydrogen (secondary N) is 1. The number of rotatable bonds is 8. The number of hydrogen-bond donors (Lipinski definition) is 1. The van der Waals surface area contributed by atoms with Gasteiger partial charge in [0, 0.05) is 19.6 Å². The first kappa shape index (κ1) is 18.2. The lowest BCUT2D eigenvalue weighted by atomic mass is 10.1. The van der Waals surface area contributed by atoms with Crippen LogP contribution in [-0.2, 0) is 16.1 Å². The third kappa shape index (κ3) is 6.26. The van der Waals surface area contributed by atoms with Crippen LogP contribution in [0.5, 0.6) is 0 Å². The number of carbonyl (C=O) groups excluding carboxylic acids is 2. The second-order valence-electron chi connectivity index (χ2n) is 5.50. The Bertz CT molecular complexity index is 481. The minimum atomic E-state index is -0.0737. The summed E-state index contributed by atoms with van der Waals surface area (Å²) in [5.41, 5.74) is 2.27. The number of aryl methyl sites for hydroxylation is 1. The van der Waals surface area contributed by atoms with Crippen molar-refractivity contribution in [1.82, 2.24) is 15.1 Å². The van der Waals surface area contributed by atoms with Crippen molar-refractivity contribution in [3.8, 4) is 0 Å². The van der Waals surface area contributed by atoms with Crippen LogP contribution in [0.2, 0.25) is 0 Å². The summed E-state index contributed by atoms with van der Waals surface area (Å²) in [7, 11) is 1.78. The molecule has 5 heteroatoms. The van der Waals surface area contributed by atoms with Gasteiger partial charge in [0.05, 0.1) is 13.1 Å². The van der Waals surface area contributed by atoms with Crippen molar-refractivity contribution in [3.63, 3.8) is 0 Å². The lowest BCUT2D eigenvalue weighted by molar-refractivity contribution is -0.132. The van der Waals surface area contributed by atoms with Crippen LogP contribution in [0.1, 0.15) is 25.0 Å². The predicted molar refractivity (Wildman–Crippen MR) is 88.5 cm³/mol. The van der Waals surface area contributed by atoms with Crippen LogP contribution in [-0.4, -0.2) is 54.8 Å². The molecule has 0 saturated heterocycles. The van der Waals surface area contributed by atoms with Crippen molar-refractivity contribution in [1.29, 1.82) is 0 Å². The molecule has 0 aromatic heterocycles. The monoisotopic (exact) mass is 305 g/mol. The second-order valence-corrected chi connectivity index (χ2v) is 5.50. The average Bonchev–Trinajstić information content (AvgIpc) is 2.47. The molecule has 0 atom stereocenters. The SMILES string of the molecule is CCN(CC)C(=O)CN(C)CC(=O)NCc1ccc(C)cc1. The Morgan fingerprint density at radius 1 is 1.05 bits per heavy atom. The van der Waals surface area contributed by atoms with E-state index in [1.807, 2.05) is 45.0 Å². The van der Waals surface area contributed by atoms with Gasteiger partial charge in [0.1, 0.15) is 0 Å². The molecule has 0 bridgehead atoms. The fourth-order valence-corrected chi connectivity index (χ4v) is 2.17. The fourth-order valence-electron chi connectivity index (χ4n) is 2.17. The summed E-state index contributed by atoms with van der Waals surface area (Å²) in [4.78, 5) is 27.4. The van der Waals surface area contributed by atoms with Crippen LogP contribution < -0.4 is 5.32 Å². The number of likely N-dealkylation sites (N-methyl/N-ethyl adjacent to an activating group) is 2. The Kier molecular flexibility index (Phi) is 7.60. The van der Waals surface area contributed by atoms with Crippen molar-refractivity contribution >= 4 is 11.8 Å². The van der Waals surface area contributed by atoms with E-state index < -0.39 is 0 Å². The van der Waals surface area contributed by atoms with Gasteiger partial charge < -0.3 is 10.2 Å². The third-order valence-electron chi connectivity index (χ3n) is 3.55. The van der Waals surface area contributed by atoms with E-state index in [-0.39, 0.29) is 24.9 Å². The molecule has 0 heterocycles. The molecule has 22 heavy (non-hydrogen) atoms. The van der Waals surface area contributed by atoms with Crippen molar-refractivity contribution < 1.29 is 9.59 Å². The molecule has 1 N–H and O–H groups in total. The summed E-state index contributed by atoms with van der Waals surface area (Å²) in [5.74, 6) is -0.0192. The normalized spacial score (nSPS) is 10.6. The highest BCUT2D eigenvalue weighted by molar-refractivity contribution is 5.81. The van der Waals surface area contributed by atoms with Gasteiger partial charge in [-0.05, 0) is 33.4 Å². The quantitative estimate of drug-likeness (QED) is 0.790. The van der Waals surface area contributed by atoms with Crippen LogP contribution in [0.15, 0.2) is 24.3 Å². The molecule has 0 radical (unpaired) electrons. The molecular weight excluding hydrogens is 278 g/mol. The molecule has 0 aliphatic rings. The minimum Gasteiger partial charge on any atom is -0.351 e. The van der Waals surface area contributed by atoms with Gasteiger partial charge in [0.2, 0.25) is 11.8 Å². The molecule has 1 aromatic rings. The van der Waals surface area contributed by atoms with Gasteiger partial charge in [-0.15, -0.1) is 0 Å². The van der Waals surface area contributed by atoms with Crippen molar-refractivity contribution in [2.24, 2.45) is 0 Å². The van der Waals surface area contributed by atoms with Gasteiger partial charge in [-0.1, -0.05) is 29.8 Å². The van der Waals surface area contributed by atoms with Crippen LogP contribution in [0.3, 0.4) is 0 Å². The Labute approximate surface area is 133 Å². The van der Waals surface area contributed by atoms with E-state index in [1.165, 1.54) is 5.56 Å². The first-order valence-corrected chi connectivity index (χ1v) is 7.74. The van der Waals surface area contributed by atoms with Crippen LogP contribution in [0, 0.1) is 6.92 Å². The summed E-state index contributed by atoms with van der Waals surface area (Å²) in [6.45, 7) is 8.33. The topological polar surface area (TPSA) is 52.7 Å². The first-order chi connectivity index (χ1) is 10.5. The highest BCUT2D eigenvalue weighted by Crippen LogP contribution is 2.02. The highest BCUT2D eigenvalue weighted by atomic mass is 16.2. The lowest BCUT2D eigenvalue weighted by Crippen LogP contribution is -2.42. The molecule has 0 saturated carbocycles. The number of carbonyl (C=O) groups is 2. The second kappa shape index (κ2) is 9.20. The molecule has 1 aromatic carbocycles. The van der Waals surface area contributed by atoms with E-state index >= 15 is 0 Å². The van der Waals surface area contributed by atoms with E-state index in [0.717, 1.165) is 5.56 Å². The van der Waals surface area contributed by atoms with E-state index in [1.54, 1.807) is 16.8 Å². The zero-order valence-corrected chi connectivity index (χ0v) is 14.1. The molecular formula is C17H27N3O2. The van der Waals surface area contributed by atoms with E-state index in [9.17, 15) is 9.59 Å². The molecule has 5 nitrogen and oxygen atoms in total. The highest BCUT2D eigenvalue weighted by Gasteiger charge is 2.14. The van der Waals surface area contributed by atoms with Gasteiger partial charge in [0.15, 0.2) is 0 Å². The van der Waals surface area contributed by atoms with Gasteiger partial charge in [-0.2, -0.15) is 0 Å². The van der Waals surface area contributed by atoms with Crippen LogP contribution in [0.25, 0.3) is 0 Å². The zero-order chi connectivity index (χ0) is 16.5. The summed E-state index contributed by atoms with van der Waals surface area (Å²) in [6.07, 6.45) is 0. The van der Waals surface area contributed by atoms with Crippen molar-refractivity contribution in [2.45, 2.75) is 27.3 Å². The first-order valence-electron chi connectivity index (χ1n) is 7.74. The maximum Gasteiger partial charge on any atom is 0.236 e. The Hall–Kier alpha value is -1.88. The average molecular weight is 305 g/mol. The maximum absolute atomic E-state index is 12.0. The summed E-state index contributed by atoms with van der Waals surface area (Å²) < 4.78 is 0. The fraction of sp³-hybridized carbons (Fsp3) is 0.529. The summed E-state index contributed by atoms with van der Waals surface area (Å²) >= 11 is 0. The molecule has 1 rings (SSSR count). The van der Waals surface area contributed by atoms with Gasteiger partial charge in [0.25, 0.3) is 0 Å². The van der Waals surface area contributed by atoms with Crippen LogP contribution in [0.4, 0.5) is 0 Å². The van der Waals surface area contributed by atoms with Crippen molar-refractivity contribution in [3.05, 3.63) is 35.4 Å². The molecule has 0 unspecified atom stereocenters. The van der Waals surface area contributed by atoms with Gasteiger partial charge in [-0.3, -0.25) is 14.5 Å². The van der Waals surface area contributed by atoms with E-state index in [2.05, 4.69) is 5.32 Å². The van der Waals surface area contributed by atoms with E-state index in [0.29, 0.717) is 19.6 Å². The number of hydrogen-bond acceptors (Lipinski definition) is 3. The Balaban J connectivity index is 2.34. The van der Waals surface area contributed by atoms with Crippen molar-refractivity contribution in [2.75, 3.05) is 33.2 Å². The molecule has 0 fully saturated rings. The standard InChI is InChI=1S/C17H27N3O2/c1-5-20(6-2)17(22)13-19(4)12-16(21)18-11-15-9-7-14(3)8-10-15/h7-10H,5-6,11-13H2,1-4H3,(H,18,21). The van der Waals surface area contributed by atoms with Gasteiger partial charge in [-0.25, -0.2) is 0 Å². The minimum absolute atomic E-state index is 0.0545. The predicted octanol–water partition coefficient (Wildman–Crippen LogP) is 1.41. The Morgan fingerprint density at radius 3 is 2.18 bits per heavy atom. The zero-order valence-electron chi connectivity index (χ0n) is 14.1. The Morgan fingerprint density at radius 2 is 1.64 bits per heavy atom. The third-order valence-corrected chi connectivity index (χ3v) is 3.55. The maximum atomic E-state index is 12.0. The summed E-state index contributed by atoms with van der Waals surface area (Å²) in [6, 6.07) is 8.05. The van der Waals surface area contributed by atoms with Crippen LogP contribution >= 0.6 is 0 Å². The van der Waals surface area contributed by atoms with E-state index in [4.69, 9.17) is 0 Å². The largest absolute Gasteiger partial charge is 0.351 e. The number of benzene rings is 1.